The molecule has 2 atom stereocenters. The molecule has 1 aliphatic carbocycles. The molecule has 1 saturated heterocycles. The van der Waals surface area contributed by atoms with Gasteiger partial charge in [-0.2, -0.15) is 5.10 Å². The molecule has 0 spiro atoms. The van der Waals surface area contributed by atoms with E-state index in [2.05, 4.69) is 22.5 Å². The van der Waals surface area contributed by atoms with Crippen LogP contribution in [0.2, 0.25) is 0 Å². The Hall–Kier alpha value is -1.67. The number of nitrogens with one attached hydrogen (secondary N) is 2. The van der Waals surface area contributed by atoms with Gasteiger partial charge in [-0.15, -0.1) is 0 Å². The first-order valence-electron chi connectivity index (χ1n) is 10.5. The highest BCUT2D eigenvalue weighted by atomic mass is 16.3. The summed E-state index contributed by atoms with van der Waals surface area (Å²) in [7, 11) is 2.04. The summed E-state index contributed by atoms with van der Waals surface area (Å²) in [5.74, 6) is 1.95. The molecular formula is C19H33N7O. The molecule has 0 amide bonds. The van der Waals surface area contributed by atoms with Crippen LogP contribution in [0.25, 0.3) is 0 Å². The first-order valence-corrected chi connectivity index (χ1v) is 10.5. The van der Waals surface area contributed by atoms with Crippen molar-refractivity contribution in [3.05, 3.63) is 0 Å². The van der Waals surface area contributed by atoms with Gasteiger partial charge in [0.25, 0.3) is 0 Å². The highest BCUT2D eigenvalue weighted by Crippen LogP contribution is 2.27. The van der Waals surface area contributed by atoms with E-state index in [1.165, 1.54) is 5.71 Å². The summed E-state index contributed by atoms with van der Waals surface area (Å²) in [6.07, 6.45) is 5.51. The Morgan fingerprint density at radius 2 is 1.93 bits per heavy atom. The zero-order valence-electron chi connectivity index (χ0n) is 16.6. The van der Waals surface area contributed by atoms with Gasteiger partial charge in [-0.25, -0.2) is 4.99 Å². The van der Waals surface area contributed by atoms with Crippen molar-refractivity contribution in [2.45, 2.75) is 69.7 Å². The van der Waals surface area contributed by atoms with Crippen LogP contribution in [-0.4, -0.2) is 90.0 Å². The minimum Gasteiger partial charge on any atom is -0.393 e. The highest BCUT2D eigenvalue weighted by Gasteiger charge is 2.43. The lowest BCUT2D eigenvalue weighted by molar-refractivity contribution is 0.123. The van der Waals surface area contributed by atoms with Gasteiger partial charge in [0.15, 0.2) is 5.96 Å². The zero-order chi connectivity index (χ0) is 18.8. The predicted molar refractivity (Wildman–Crippen MR) is 108 cm³/mol. The molecule has 3 N–H and O–H groups in total. The van der Waals surface area contributed by atoms with E-state index in [0.717, 1.165) is 76.5 Å². The number of amidine groups is 1. The van der Waals surface area contributed by atoms with Gasteiger partial charge in [0, 0.05) is 33.2 Å². The maximum Gasteiger partial charge on any atom is 0.200 e. The van der Waals surface area contributed by atoms with Gasteiger partial charge in [0.2, 0.25) is 0 Å². The fourth-order valence-electron chi connectivity index (χ4n) is 4.52. The van der Waals surface area contributed by atoms with Crippen LogP contribution in [0.4, 0.5) is 0 Å². The molecule has 4 aliphatic rings. The molecule has 1 saturated carbocycles. The average molecular weight is 376 g/mol. The van der Waals surface area contributed by atoms with Crippen molar-refractivity contribution in [2.75, 3.05) is 33.2 Å². The predicted octanol–water partition coefficient (Wildman–Crippen LogP) is 0.392. The van der Waals surface area contributed by atoms with Crippen molar-refractivity contribution in [3.8, 4) is 0 Å². The topological polar surface area (TPSA) is 87.8 Å². The molecule has 0 bridgehead atoms. The lowest BCUT2D eigenvalue weighted by Gasteiger charge is -2.37. The van der Waals surface area contributed by atoms with Crippen LogP contribution >= 0.6 is 0 Å². The Bertz CT molecular complexity index is 618. The van der Waals surface area contributed by atoms with Crippen LogP contribution < -0.4 is 10.6 Å². The first kappa shape index (κ1) is 18.7. The van der Waals surface area contributed by atoms with Gasteiger partial charge in [0.1, 0.15) is 17.9 Å². The maximum atomic E-state index is 9.81. The molecule has 27 heavy (non-hydrogen) atoms. The number of aliphatic hydroxyl groups is 1. The van der Waals surface area contributed by atoms with Crippen LogP contribution in [0.15, 0.2) is 15.1 Å². The lowest BCUT2D eigenvalue weighted by Crippen LogP contribution is -2.60. The molecule has 0 aromatic heterocycles. The van der Waals surface area contributed by atoms with E-state index in [-0.39, 0.29) is 24.2 Å². The van der Waals surface area contributed by atoms with Gasteiger partial charge < -0.3 is 20.6 Å². The van der Waals surface area contributed by atoms with E-state index < -0.39 is 0 Å². The number of hydrogen-bond acceptors (Lipinski definition) is 7. The van der Waals surface area contributed by atoms with E-state index >= 15 is 0 Å². The fourth-order valence-corrected chi connectivity index (χ4v) is 4.52. The Labute approximate surface area is 161 Å². The standard InChI is InChI=1S/C19H33N7O/c1-3-4-15-16-17(25(2)24-15)18(21-13-5-7-14(27)8-6-13)23-19(22-16)26-11-9-20-10-12-26/h13-14,16-17,20,27H,3-12H2,1-2H3,(H,21,22,23). The molecule has 0 radical (unpaired) electrons. The third-order valence-electron chi connectivity index (χ3n) is 6.02. The summed E-state index contributed by atoms with van der Waals surface area (Å²) < 4.78 is 0. The molecule has 3 aliphatic heterocycles. The Balaban J connectivity index is 1.60. The minimum atomic E-state index is -0.153. The van der Waals surface area contributed by atoms with Crippen LogP contribution in [0, 0.1) is 0 Å². The molecule has 2 fully saturated rings. The molecule has 3 heterocycles. The summed E-state index contributed by atoms with van der Waals surface area (Å²) in [5.41, 5.74) is 1.17. The third-order valence-corrected chi connectivity index (χ3v) is 6.02. The molecule has 4 rings (SSSR count). The normalized spacial score (nSPS) is 35.6. The Morgan fingerprint density at radius 3 is 2.63 bits per heavy atom. The molecule has 8 heteroatoms. The first-order chi connectivity index (χ1) is 13.2. The largest absolute Gasteiger partial charge is 0.393 e. The quantitative estimate of drug-likeness (QED) is 0.664. The van der Waals surface area contributed by atoms with Crippen molar-refractivity contribution in [3.63, 3.8) is 0 Å². The van der Waals surface area contributed by atoms with Crippen LogP contribution in [0.1, 0.15) is 45.4 Å². The fraction of sp³-hybridized carbons (Fsp3) is 0.842. The number of guanidine groups is 1. The van der Waals surface area contributed by atoms with Gasteiger partial charge in [-0.05, 0) is 32.1 Å². The summed E-state index contributed by atoms with van der Waals surface area (Å²) in [5, 5.41) is 23.6. The lowest BCUT2D eigenvalue weighted by atomic mass is 9.93. The average Bonchev–Trinajstić information content (AvgIpc) is 3.00. The number of hydrogen-bond donors (Lipinski definition) is 3. The number of nitrogens with zero attached hydrogens (tertiary/aromatic N) is 5. The Morgan fingerprint density at radius 1 is 1.19 bits per heavy atom. The maximum absolute atomic E-state index is 9.81. The van der Waals surface area contributed by atoms with E-state index in [0.29, 0.717) is 0 Å². The third kappa shape index (κ3) is 3.96. The number of likely N-dealkylation sites (N-methyl/N-ethyl adjacent to an activating group) is 1. The van der Waals surface area contributed by atoms with Crippen LogP contribution in [0.3, 0.4) is 0 Å². The van der Waals surface area contributed by atoms with E-state index in [4.69, 9.17) is 15.1 Å². The Kier molecular flexibility index (Phi) is 5.63. The van der Waals surface area contributed by atoms with E-state index in [1.54, 1.807) is 0 Å². The van der Waals surface area contributed by atoms with Gasteiger partial charge in [0.05, 0.1) is 17.9 Å². The molecule has 0 aromatic rings. The zero-order valence-corrected chi connectivity index (χ0v) is 16.6. The second-order valence-electron chi connectivity index (χ2n) is 8.10. The van der Waals surface area contributed by atoms with Crippen LogP contribution in [-0.2, 0) is 0 Å². The monoisotopic (exact) mass is 375 g/mol. The second-order valence-corrected chi connectivity index (χ2v) is 8.10. The van der Waals surface area contributed by atoms with Gasteiger partial charge in [-0.1, -0.05) is 13.3 Å². The van der Waals surface area contributed by atoms with Gasteiger partial charge in [-0.3, -0.25) is 10.0 Å². The SMILES string of the molecule is CCCC1=NN(C)C2C(=NC3CCC(O)CC3)NC(N3CCNCC3)=NC12. The molecule has 0 aromatic carbocycles. The van der Waals surface area contributed by atoms with E-state index in [1.807, 2.05) is 12.1 Å². The van der Waals surface area contributed by atoms with Crippen molar-refractivity contribution in [2.24, 2.45) is 15.1 Å². The molecule has 150 valence electrons. The number of rotatable bonds is 3. The number of fused-ring (bicyclic) bond motifs is 1. The van der Waals surface area contributed by atoms with E-state index in [9.17, 15) is 5.11 Å². The van der Waals surface area contributed by atoms with Gasteiger partial charge >= 0.3 is 0 Å². The summed E-state index contributed by atoms with van der Waals surface area (Å²) in [4.78, 5) is 12.5. The molecule has 2 unspecified atom stereocenters. The summed E-state index contributed by atoms with van der Waals surface area (Å²) in [6, 6.07) is 0.418. The number of piperazine rings is 1. The van der Waals surface area contributed by atoms with Crippen molar-refractivity contribution in [1.82, 2.24) is 20.5 Å². The second kappa shape index (κ2) is 8.14. The van der Waals surface area contributed by atoms with Crippen molar-refractivity contribution >= 4 is 17.5 Å². The van der Waals surface area contributed by atoms with Crippen LogP contribution in [0.5, 0.6) is 0 Å². The van der Waals surface area contributed by atoms with Crippen molar-refractivity contribution in [1.29, 1.82) is 0 Å². The van der Waals surface area contributed by atoms with Crippen molar-refractivity contribution < 1.29 is 5.11 Å². The number of hydrazone groups is 1. The smallest absolute Gasteiger partial charge is 0.200 e. The number of aliphatic hydroxyl groups excluding tert-OH is 1. The highest BCUT2D eigenvalue weighted by molar-refractivity contribution is 6.10. The molecular weight excluding hydrogens is 342 g/mol. The number of aliphatic imine (C=N–C) groups is 2. The summed E-state index contributed by atoms with van der Waals surface area (Å²) in [6.45, 7) is 6.08. The summed E-state index contributed by atoms with van der Waals surface area (Å²) >= 11 is 0. The minimum absolute atomic E-state index is 0.0639. The molecule has 8 nitrogen and oxygen atoms in total.